The van der Waals surface area contributed by atoms with E-state index in [1.165, 1.54) is 23.8 Å². The summed E-state index contributed by atoms with van der Waals surface area (Å²) in [5.41, 5.74) is 5.95. The Hall–Kier alpha value is -1.35. The Morgan fingerprint density at radius 1 is 1.37 bits per heavy atom. The van der Waals surface area contributed by atoms with Crippen molar-refractivity contribution in [2.75, 3.05) is 12.3 Å². The minimum Gasteiger partial charge on any atom is -0.399 e. The van der Waals surface area contributed by atoms with Gasteiger partial charge in [-0.05, 0) is 30.7 Å². The summed E-state index contributed by atoms with van der Waals surface area (Å²) in [6.07, 6.45) is -3.94. The molecular formula is C10H12F4N2O2S. The Labute approximate surface area is 107 Å². The minimum atomic E-state index is -4.42. The highest BCUT2D eigenvalue weighted by molar-refractivity contribution is 7.89. The summed E-state index contributed by atoms with van der Waals surface area (Å²) < 4.78 is 74.0. The van der Waals surface area contributed by atoms with Crippen LogP contribution in [0.1, 0.15) is 5.56 Å². The normalized spacial score (nSPS) is 12.9. The van der Waals surface area contributed by atoms with E-state index in [9.17, 15) is 26.0 Å². The molecule has 19 heavy (non-hydrogen) atoms. The van der Waals surface area contributed by atoms with Crippen molar-refractivity contribution in [1.29, 1.82) is 0 Å². The van der Waals surface area contributed by atoms with Gasteiger partial charge >= 0.3 is 12.3 Å². The molecule has 4 nitrogen and oxygen atoms in total. The third kappa shape index (κ3) is 3.80. The van der Waals surface area contributed by atoms with Crippen LogP contribution in [0.25, 0.3) is 0 Å². The zero-order chi connectivity index (χ0) is 14.8. The van der Waals surface area contributed by atoms with Gasteiger partial charge in [0.25, 0.3) is 0 Å². The molecule has 0 radical (unpaired) electrons. The second-order valence-corrected chi connectivity index (χ2v) is 5.65. The molecule has 0 atom stereocenters. The van der Waals surface area contributed by atoms with Crippen molar-refractivity contribution in [3.05, 3.63) is 23.8 Å². The van der Waals surface area contributed by atoms with E-state index in [1.54, 1.807) is 0 Å². The van der Waals surface area contributed by atoms with Crippen LogP contribution in [0.2, 0.25) is 0 Å². The van der Waals surface area contributed by atoms with Gasteiger partial charge in [-0.2, -0.15) is 8.78 Å². The summed E-state index contributed by atoms with van der Waals surface area (Å²) >= 11 is 0. The van der Waals surface area contributed by atoms with E-state index in [0.29, 0.717) is 5.69 Å². The number of nitrogen functional groups attached to an aromatic ring is 1. The molecule has 1 rings (SSSR count). The van der Waals surface area contributed by atoms with Gasteiger partial charge in [0.2, 0.25) is 10.0 Å². The molecule has 0 aliphatic rings. The second-order valence-electron chi connectivity index (χ2n) is 3.91. The Bertz CT molecular complexity index is 561. The fourth-order valence-corrected chi connectivity index (χ4v) is 2.59. The van der Waals surface area contributed by atoms with Crippen molar-refractivity contribution in [1.82, 2.24) is 4.72 Å². The monoisotopic (exact) mass is 300 g/mol. The molecule has 1 aromatic carbocycles. The highest BCUT2D eigenvalue weighted by atomic mass is 32.2. The largest absolute Gasteiger partial charge is 0.399 e. The third-order valence-corrected chi connectivity index (χ3v) is 3.87. The summed E-state index contributed by atoms with van der Waals surface area (Å²) in [7, 11) is -4.29. The van der Waals surface area contributed by atoms with Crippen molar-refractivity contribution in [3.8, 4) is 0 Å². The molecule has 0 saturated heterocycles. The quantitative estimate of drug-likeness (QED) is 0.643. The number of anilines is 1. The summed E-state index contributed by atoms with van der Waals surface area (Å²) in [5.74, 6) is -4.42. The van der Waals surface area contributed by atoms with Crippen LogP contribution in [0.15, 0.2) is 23.1 Å². The summed E-state index contributed by atoms with van der Waals surface area (Å²) in [4.78, 5) is -0.285. The molecule has 0 spiro atoms. The Kier molecular flexibility index (Phi) is 4.41. The fraction of sp³-hybridized carbons (Fsp3) is 0.400. The van der Waals surface area contributed by atoms with E-state index in [2.05, 4.69) is 0 Å². The van der Waals surface area contributed by atoms with E-state index in [1.807, 2.05) is 0 Å². The maximum Gasteiger partial charge on any atom is 0.320 e. The van der Waals surface area contributed by atoms with Crippen molar-refractivity contribution in [2.24, 2.45) is 0 Å². The number of halogens is 4. The lowest BCUT2D eigenvalue weighted by Crippen LogP contribution is -2.41. The zero-order valence-electron chi connectivity index (χ0n) is 9.83. The highest BCUT2D eigenvalue weighted by Crippen LogP contribution is 2.23. The number of sulfonamides is 1. The van der Waals surface area contributed by atoms with Gasteiger partial charge in [-0.1, -0.05) is 0 Å². The molecule has 1 aromatic rings. The van der Waals surface area contributed by atoms with Crippen molar-refractivity contribution < 1.29 is 26.0 Å². The van der Waals surface area contributed by atoms with Gasteiger partial charge in [0.1, 0.15) is 0 Å². The molecule has 0 bridgehead atoms. The molecule has 0 aliphatic carbocycles. The van der Waals surface area contributed by atoms with Crippen LogP contribution in [-0.2, 0) is 10.0 Å². The van der Waals surface area contributed by atoms with Crippen LogP contribution >= 0.6 is 0 Å². The van der Waals surface area contributed by atoms with Crippen LogP contribution in [0.3, 0.4) is 0 Å². The van der Waals surface area contributed by atoms with E-state index in [0.717, 1.165) is 6.07 Å². The fourth-order valence-electron chi connectivity index (χ4n) is 1.32. The molecule has 0 aromatic heterocycles. The van der Waals surface area contributed by atoms with Gasteiger partial charge < -0.3 is 5.73 Å². The number of nitrogens with one attached hydrogen (secondary N) is 1. The molecule has 0 aliphatic heterocycles. The van der Waals surface area contributed by atoms with Crippen molar-refractivity contribution in [2.45, 2.75) is 24.2 Å². The smallest absolute Gasteiger partial charge is 0.320 e. The molecule has 9 heteroatoms. The molecule has 108 valence electrons. The zero-order valence-corrected chi connectivity index (χ0v) is 10.6. The number of hydrogen-bond acceptors (Lipinski definition) is 3. The minimum absolute atomic E-state index is 0.230. The van der Waals surface area contributed by atoms with Crippen LogP contribution < -0.4 is 10.5 Å². The maximum absolute atomic E-state index is 12.7. The first kappa shape index (κ1) is 15.7. The lowest BCUT2D eigenvalue weighted by atomic mass is 10.2. The van der Waals surface area contributed by atoms with Crippen molar-refractivity contribution >= 4 is 15.7 Å². The molecule has 0 fully saturated rings. The summed E-state index contributed by atoms with van der Waals surface area (Å²) in [5, 5.41) is 0. The van der Waals surface area contributed by atoms with E-state index < -0.39 is 28.9 Å². The van der Waals surface area contributed by atoms with Crippen LogP contribution in [0.4, 0.5) is 23.2 Å². The Morgan fingerprint density at radius 2 is 1.95 bits per heavy atom. The summed E-state index contributed by atoms with van der Waals surface area (Å²) in [6, 6.07) is 3.72. The maximum atomic E-state index is 12.7. The third-order valence-electron chi connectivity index (χ3n) is 2.31. The van der Waals surface area contributed by atoms with Gasteiger partial charge in [0.05, 0.1) is 11.4 Å². The average Bonchev–Trinajstić information content (AvgIpc) is 2.26. The molecule has 0 amide bonds. The first-order chi connectivity index (χ1) is 8.56. The van der Waals surface area contributed by atoms with Gasteiger partial charge in [0, 0.05) is 5.69 Å². The Balaban J connectivity index is 2.94. The first-order valence-electron chi connectivity index (χ1n) is 5.08. The van der Waals surface area contributed by atoms with Gasteiger partial charge in [-0.15, -0.1) is 0 Å². The standard InChI is InChI=1S/C10H12F4N2O2S/c1-6-4-7(15)2-3-8(6)19(17,18)16-5-10(13,14)9(11)12/h2-4,9,16H,5,15H2,1H3. The number of hydrogen-bond donors (Lipinski definition) is 2. The second kappa shape index (κ2) is 5.33. The Morgan fingerprint density at radius 3 is 2.42 bits per heavy atom. The number of aryl methyl sites for hydroxylation is 1. The average molecular weight is 300 g/mol. The molecule has 0 unspecified atom stereocenters. The number of benzene rings is 1. The lowest BCUT2D eigenvalue weighted by Gasteiger charge is -2.16. The number of nitrogens with two attached hydrogens (primary N) is 1. The molecule has 3 N–H and O–H groups in total. The van der Waals surface area contributed by atoms with E-state index in [-0.39, 0.29) is 10.5 Å². The SMILES string of the molecule is Cc1cc(N)ccc1S(=O)(=O)NCC(F)(F)C(F)F. The summed E-state index contributed by atoms with van der Waals surface area (Å²) in [6.45, 7) is -0.257. The predicted molar refractivity (Wildman–Crippen MR) is 61.7 cm³/mol. The van der Waals surface area contributed by atoms with E-state index >= 15 is 0 Å². The predicted octanol–water partition coefficient (Wildman–Crippen LogP) is 1.76. The van der Waals surface area contributed by atoms with Crippen LogP contribution in [-0.4, -0.2) is 27.3 Å². The van der Waals surface area contributed by atoms with Crippen LogP contribution in [0.5, 0.6) is 0 Å². The number of rotatable bonds is 5. The van der Waals surface area contributed by atoms with Gasteiger partial charge in [-0.25, -0.2) is 21.9 Å². The van der Waals surface area contributed by atoms with Crippen LogP contribution in [0, 0.1) is 6.92 Å². The molecule has 0 heterocycles. The molecular weight excluding hydrogens is 288 g/mol. The number of alkyl halides is 4. The topological polar surface area (TPSA) is 72.2 Å². The van der Waals surface area contributed by atoms with Gasteiger partial charge in [0.15, 0.2) is 0 Å². The van der Waals surface area contributed by atoms with E-state index in [4.69, 9.17) is 5.73 Å². The molecule has 0 saturated carbocycles. The lowest BCUT2D eigenvalue weighted by molar-refractivity contribution is -0.122. The first-order valence-corrected chi connectivity index (χ1v) is 6.56. The highest BCUT2D eigenvalue weighted by Gasteiger charge is 2.41. The van der Waals surface area contributed by atoms with Gasteiger partial charge in [-0.3, -0.25) is 0 Å². The van der Waals surface area contributed by atoms with Crippen molar-refractivity contribution in [3.63, 3.8) is 0 Å².